The van der Waals surface area contributed by atoms with Crippen LogP contribution in [-0.2, 0) is 10.5 Å². The second kappa shape index (κ2) is 7.71. The van der Waals surface area contributed by atoms with Crippen LogP contribution in [0.25, 0.3) is 11.3 Å². The summed E-state index contributed by atoms with van der Waals surface area (Å²) in [5.41, 5.74) is 8.59. The van der Waals surface area contributed by atoms with Crippen molar-refractivity contribution in [1.82, 2.24) is 9.97 Å². The number of aliphatic carboxylic acids is 1. The molecule has 0 spiro atoms. The second-order valence-electron chi connectivity index (χ2n) is 5.73. The lowest BCUT2D eigenvalue weighted by molar-refractivity contribution is -0.138. The molecule has 0 aliphatic carbocycles. The fraction of sp³-hybridized carbons (Fsp3) is 0.353. The predicted octanol–water partition coefficient (Wildman–Crippen LogP) is 2.36. The van der Waals surface area contributed by atoms with Crippen LogP contribution in [0.15, 0.2) is 29.3 Å². The van der Waals surface area contributed by atoms with Crippen molar-refractivity contribution in [1.29, 1.82) is 0 Å². The number of methoxy groups -OCH3 is 1. The van der Waals surface area contributed by atoms with E-state index in [1.165, 1.54) is 0 Å². The van der Waals surface area contributed by atoms with Gasteiger partial charge in [0.2, 0.25) is 5.95 Å². The smallest absolute Gasteiger partial charge is 0.320 e. The van der Waals surface area contributed by atoms with E-state index in [2.05, 4.69) is 15.3 Å². The van der Waals surface area contributed by atoms with Gasteiger partial charge in [-0.3, -0.25) is 4.79 Å². The van der Waals surface area contributed by atoms with Crippen molar-refractivity contribution in [2.24, 2.45) is 5.73 Å². The summed E-state index contributed by atoms with van der Waals surface area (Å²) in [7, 11) is 1.66. The zero-order valence-electron chi connectivity index (χ0n) is 13.9. The molecule has 0 amide bonds. The summed E-state index contributed by atoms with van der Waals surface area (Å²) >= 11 is 1.74. The lowest BCUT2D eigenvalue weighted by Gasteiger charge is -2.19. The minimum atomic E-state index is -0.977. The van der Waals surface area contributed by atoms with Gasteiger partial charge in [0.25, 0.3) is 0 Å². The molecule has 4 N–H and O–H groups in total. The lowest BCUT2D eigenvalue weighted by atomic mass is 10.1. The van der Waals surface area contributed by atoms with Crippen LogP contribution < -0.4 is 15.8 Å². The van der Waals surface area contributed by atoms with Crippen LogP contribution in [0, 0.1) is 0 Å². The highest BCUT2D eigenvalue weighted by Gasteiger charge is 2.19. The Morgan fingerprint density at radius 2 is 2.36 bits per heavy atom. The number of rotatable bonds is 7. The maximum atomic E-state index is 10.7. The molecule has 8 heteroatoms. The molecule has 25 heavy (non-hydrogen) atoms. The summed E-state index contributed by atoms with van der Waals surface area (Å²) in [5.74, 6) is 1.21. The number of fused-ring (bicyclic) bond motifs is 3. The molecule has 1 aromatic carbocycles. The highest BCUT2D eigenvalue weighted by atomic mass is 32.2. The van der Waals surface area contributed by atoms with Crippen molar-refractivity contribution < 1.29 is 14.6 Å². The summed E-state index contributed by atoms with van der Waals surface area (Å²) in [6.07, 6.45) is 2.89. The van der Waals surface area contributed by atoms with Crippen molar-refractivity contribution in [3.05, 3.63) is 30.0 Å². The van der Waals surface area contributed by atoms with E-state index in [-0.39, 0.29) is 0 Å². The molecule has 0 fully saturated rings. The summed E-state index contributed by atoms with van der Waals surface area (Å²) in [5, 5.41) is 11.9. The van der Waals surface area contributed by atoms with E-state index >= 15 is 0 Å². The van der Waals surface area contributed by atoms with E-state index in [1.807, 2.05) is 24.4 Å². The second-order valence-corrected chi connectivity index (χ2v) is 6.75. The predicted molar refractivity (Wildman–Crippen MR) is 96.9 cm³/mol. The number of hydrogen-bond donors (Lipinski definition) is 3. The molecular formula is C17H20N4O3S. The van der Waals surface area contributed by atoms with Gasteiger partial charge >= 0.3 is 5.97 Å². The standard InChI is InChI=1S/C17H20N4O3S/c1-24-11-4-5-12-14(7-11)25-9-10-8-20-17(21-15(10)12)19-6-2-3-13(18)16(22)23/h4-5,7-8,13H,2-3,6,9,18H2,1H3,(H,22,23)(H,19,20,21). The minimum absolute atomic E-state index is 0.409. The van der Waals surface area contributed by atoms with Crippen LogP contribution in [0.3, 0.4) is 0 Å². The topological polar surface area (TPSA) is 110 Å². The molecule has 1 atom stereocenters. The Labute approximate surface area is 150 Å². The maximum Gasteiger partial charge on any atom is 0.320 e. The quantitative estimate of drug-likeness (QED) is 0.646. The van der Waals surface area contributed by atoms with E-state index < -0.39 is 12.0 Å². The molecule has 0 bridgehead atoms. The Hall–Kier alpha value is -2.32. The molecule has 1 aromatic heterocycles. The van der Waals surface area contributed by atoms with E-state index in [9.17, 15) is 4.79 Å². The molecule has 0 saturated heterocycles. The fourth-order valence-corrected chi connectivity index (χ4v) is 3.62. The van der Waals surface area contributed by atoms with Crippen molar-refractivity contribution in [3.8, 4) is 17.0 Å². The average molecular weight is 360 g/mol. The zero-order chi connectivity index (χ0) is 17.8. The number of benzene rings is 1. The molecule has 132 valence electrons. The van der Waals surface area contributed by atoms with Gasteiger partial charge in [0.15, 0.2) is 0 Å². The Bertz CT molecular complexity index is 784. The number of ether oxygens (including phenoxy) is 1. The van der Waals surface area contributed by atoms with Gasteiger partial charge < -0.3 is 20.9 Å². The first-order valence-electron chi connectivity index (χ1n) is 7.98. The Balaban J connectivity index is 1.70. The SMILES string of the molecule is COc1ccc2c(c1)SCc1cnc(NCCCC(N)C(=O)O)nc1-2. The highest BCUT2D eigenvalue weighted by Crippen LogP contribution is 2.41. The number of nitrogens with two attached hydrogens (primary N) is 1. The van der Waals surface area contributed by atoms with Gasteiger partial charge in [-0.2, -0.15) is 0 Å². The molecule has 1 unspecified atom stereocenters. The number of nitrogens with one attached hydrogen (secondary N) is 1. The van der Waals surface area contributed by atoms with Crippen LogP contribution in [0.1, 0.15) is 18.4 Å². The number of nitrogens with zero attached hydrogens (tertiary/aromatic N) is 2. The lowest BCUT2D eigenvalue weighted by Crippen LogP contribution is -2.30. The minimum Gasteiger partial charge on any atom is -0.497 e. The van der Waals surface area contributed by atoms with Gasteiger partial charge in [-0.25, -0.2) is 9.97 Å². The van der Waals surface area contributed by atoms with Gasteiger partial charge in [0.05, 0.1) is 12.8 Å². The number of carboxylic acid groups (broad SMARTS) is 1. The van der Waals surface area contributed by atoms with Gasteiger partial charge in [0.1, 0.15) is 11.8 Å². The largest absolute Gasteiger partial charge is 0.497 e. The third-order valence-electron chi connectivity index (χ3n) is 3.98. The molecule has 7 nitrogen and oxygen atoms in total. The molecule has 3 rings (SSSR count). The van der Waals surface area contributed by atoms with Crippen LogP contribution in [0.2, 0.25) is 0 Å². The molecule has 2 heterocycles. The summed E-state index contributed by atoms with van der Waals surface area (Å²) in [6.45, 7) is 0.573. The third kappa shape index (κ3) is 4.02. The van der Waals surface area contributed by atoms with E-state index in [0.29, 0.717) is 25.3 Å². The van der Waals surface area contributed by atoms with Crippen LogP contribution >= 0.6 is 11.8 Å². The third-order valence-corrected chi connectivity index (χ3v) is 5.09. The molecule has 2 aromatic rings. The van der Waals surface area contributed by atoms with E-state index in [0.717, 1.165) is 33.2 Å². The Morgan fingerprint density at radius 3 is 3.12 bits per heavy atom. The zero-order valence-corrected chi connectivity index (χ0v) is 14.7. The van der Waals surface area contributed by atoms with Crippen molar-refractivity contribution >= 4 is 23.7 Å². The fourth-order valence-electron chi connectivity index (χ4n) is 2.58. The number of anilines is 1. The first kappa shape index (κ1) is 17.5. The normalized spacial score (nSPS) is 13.5. The van der Waals surface area contributed by atoms with Crippen molar-refractivity contribution in [2.75, 3.05) is 19.0 Å². The monoisotopic (exact) mass is 360 g/mol. The molecule has 1 aliphatic heterocycles. The van der Waals surface area contributed by atoms with Crippen LogP contribution in [0.4, 0.5) is 5.95 Å². The van der Waals surface area contributed by atoms with Crippen molar-refractivity contribution in [3.63, 3.8) is 0 Å². The van der Waals surface area contributed by atoms with Gasteiger partial charge in [-0.05, 0) is 31.0 Å². The van der Waals surface area contributed by atoms with Gasteiger partial charge in [0, 0.05) is 34.5 Å². The molecule has 1 aliphatic rings. The number of carbonyl (C=O) groups is 1. The summed E-state index contributed by atoms with van der Waals surface area (Å²) < 4.78 is 5.28. The van der Waals surface area contributed by atoms with Gasteiger partial charge in [-0.1, -0.05) is 0 Å². The Morgan fingerprint density at radius 1 is 1.52 bits per heavy atom. The Kier molecular flexibility index (Phi) is 5.40. The van der Waals surface area contributed by atoms with Gasteiger partial charge in [-0.15, -0.1) is 11.8 Å². The molecule has 0 saturated carbocycles. The van der Waals surface area contributed by atoms with E-state index in [1.54, 1.807) is 18.9 Å². The number of hydrogen-bond acceptors (Lipinski definition) is 7. The number of thioether (sulfide) groups is 1. The van der Waals surface area contributed by atoms with E-state index in [4.69, 9.17) is 15.6 Å². The summed E-state index contributed by atoms with van der Waals surface area (Å²) in [6, 6.07) is 5.13. The summed E-state index contributed by atoms with van der Waals surface area (Å²) in [4.78, 5) is 20.8. The highest BCUT2D eigenvalue weighted by molar-refractivity contribution is 7.98. The number of aromatic nitrogens is 2. The molecule has 0 radical (unpaired) electrons. The average Bonchev–Trinajstić information content (AvgIpc) is 2.64. The molecular weight excluding hydrogens is 340 g/mol. The maximum absolute atomic E-state index is 10.7. The van der Waals surface area contributed by atoms with Crippen molar-refractivity contribution in [2.45, 2.75) is 29.5 Å². The number of carboxylic acids is 1. The van der Waals surface area contributed by atoms with Crippen LogP contribution in [-0.4, -0.2) is 40.7 Å². The first-order valence-corrected chi connectivity index (χ1v) is 8.96. The first-order chi connectivity index (χ1) is 12.1. The van der Waals surface area contributed by atoms with Crippen LogP contribution in [0.5, 0.6) is 5.75 Å².